The number of nitrogens with one attached hydrogen (secondary N) is 1. The van der Waals surface area contributed by atoms with E-state index < -0.39 is 9.84 Å². The van der Waals surface area contributed by atoms with E-state index in [4.69, 9.17) is 0 Å². The smallest absolute Gasteiger partial charge is 0.252 e. The van der Waals surface area contributed by atoms with Gasteiger partial charge in [0.2, 0.25) is 0 Å². The number of likely N-dealkylation sites (N-methyl/N-ethyl adjacent to an activating group) is 1. The predicted octanol–water partition coefficient (Wildman–Crippen LogP) is 3.08. The molecule has 0 aliphatic carbocycles. The van der Waals surface area contributed by atoms with Crippen LogP contribution in [0.25, 0.3) is 0 Å². The van der Waals surface area contributed by atoms with Gasteiger partial charge in [0.15, 0.2) is 9.84 Å². The van der Waals surface area contributed by atoms with Gasteiger partial charge in [0.25, 0.3) is 5.91 Å². The van der Waals surface area contributed by atoms with Crippen molar-refractivity contribution >= 4 is 15.7 Å². The Kier molecular flexibility index (Phi) is 7.16. The molecule has 2 rings (SSSR count). The predicted molar refractivity (Wildman–Crippen MR) is 109 cm³/mol. The first kappa shape index (κ1) is 21.1. The number of amides is 1. The lowest BCUT2D eigenvalue weighted by molar-refractivity contribution is 0.0938. The fourth-order valence-corrected chi connectivity index (χ4v) is 4.03. The molecule has 6 heteroatoms. The number of carbonyl (C=O) groups is 1. The molecule has 0 saturated carbocycles. The fraction of sp³-hybridized carbons (Fsp3) is 0.381. The van der Waals surface area contributed by atoms with Gasteiger partial charge in [-0.1, -0.05) is 50.2 Å². The van der Waals surface area contributed by atoms with Crippen LogP contribution in [-0.4, -0.2) is 45.6 Å². The zero-order valence-electron chi connectivity index (χ0n) is 16.4. The Bertz CT molecular complexity index is 875. The van der Waals surface area contributed by atoms with E-state index in [2.05, 4.69) is 36.5 Å². The maximum Gasteiger partial charge on any atom is 0.252 e. The Balaban J connectivity index is 2.20. The number of hydrogen-bond acceptors (Lipinski definition) is 4. The van der Waals surface area contributed by atoms with Crippen LogP contribution in [0.1, 0.15) is 41.4 Å². The van der Waals surface area contributed by atoms with E-state index in [-0.39, 0.29) is 28.2 Å². The molecule has 0 spiro atoms. The van der Waals surface area contributed by atoms with Crippen LogP contribution in [0.5, 0.6) is 0 Å². The second-order valence-electron chi connectivity index (χ2n) is 6.68. The first-order valence-corrected chi connectivity index (χ1v) is 10.8. The third kappa shape index (κ3) is 5.17. The van der Waals surface area contributed by atoms with Gasteiger partial charge in [0, 0.05) is 6.54 Å². The third-order valence-electron chi connectivity index (χ3n) is 4.70. The first-order valence-electron chi connectivity index (χ1n) is 9.15. The second-order valence-corrected chi connectivity index (χ2v) is 8.93. The van der Waals surface area contributed by atoms with Crippen LogP contribution in [-0.2, 0) is 16.3 Å². The number of rotatable bonds is 8. The quantitative estimate of drug-likeness (QED) is 0.755. The molecule has 2 aromatic carbocycles. The van der Waals surface area contributed by atoms with Crippen LogP contribution < -0.4 is 5.32 Å². The summed E-state index contributed by atoms with van der Waals surface area (Å²) in [4.78, 5) is 14.8. The highest BCUT2D eigenvalue weighted by molar-refractivity contribution is 7.91. The molecule has 0 bridgehead atoms. The van der Waals surface area contributed by atoms with Crippen molar-refractivity contribution in [3.63, 3.8) is 0 Å². The molecule has 146 valence electrons. The highest BCUT2D eigenvalue weighted by Gasteiger charge is 2.22. The molecule has 0 heterocycles. The van der Waals surface area contributed by atoms with E-state index in [0.717, 1.165) is 12.0 Å². The minimum Gasteiger partial charge on any atom is -0.350 e. The number of aryl methyl sites for hydroxylation is 1. The van der Waals surface area contributed by atoms with Crippen molar-refractivity contribution in [1.82, 2.24) is 10.2 Å². The number of hydrogen-bond donors (Lipinski definition) is 1. The highest BCUT2D eigenvalue weighted by atomic mass is 32.2. The van der Waals surface area contributed by atoms with Crippen LogP contribution in [0.3, 0.4) is 0 Å². The van der Waals surface area contributed by atoms with Gasteiger partial charge in [0.1, 0.15) is 0 Å². The average molecular weight is 389 g/mol. The molecule has 0 aliphatic rings. The van der Waals surface area contributed by atoms with E-state index in [1.54, 1.807) is 25.1 Å². The average Bonchev–Trinajstić information content (AvgIpc) is 2.68. The summed E-state index contributed by atoms with van der Waals surface area (Å²) in [5.41, 5.74) is 2.56. The van der Waals surface area contributed by atoms with Gasteiger partial charge >= 0.3 is 0 Å². The number of nitrogens with zero attached hydrogens (tertiary/aromatic N) is 1. The lowest BCUT2D eigenvalue weighted by Crippen LogP contribution is -2.35. The number of carbonyl (C=O) groups excluding carboxylic acids is 1. The lowest BCUT2D eigenvalue weighted by Gasteiger charge is -2.25. The molecule has 1 N–H and O–H groups in total. The van der Waals surface area contributed by atoms with Crippen LogP contribution in [0, 0.1) is 0 Å². The minimum absolute atomic E-state index is 0.00481. The summed E-state index contributed by atoms with van der Waals surface area (Å²) in [6.45, 7) is 4.07. The van der Waals surface area contributed by atoms with Gasteiger partial charge in [-0.3, -0.25) is 4.79 Å². The SMILES string of the molecule is CCc1ccc([C@@H](CNC(=O)c2ccccc2S(=O)(=O)CC)N(C)C)cc1. The molecule has 0 radical (unpaired) electrons. The van der Waals surface area contributed by atoms with Crippen molar-refractivity contribution in [2.75, 3.05) is 26.4 Å². The standard InChI is InChI=1S/C21H28N2O3S/c1-5-16-11-13-17(14-12-16)19(23(3)4)15-22-21(24)18-9-7-8-10-20(18)27(25,26)6-2/h7-14,19H,5-6,15H2,1-4H3,(H,22,24)/t19-/m1/s1. The van der Waals surface area contributed by atoms with Gasteiger partial charge in [-0.15, -0.1) is 0 Å². The van der Waals surface area contributed by atoms with Crippen molar-refractivity contribution < 1.29 is 13.2 Å². The maximum absolute atomic E-state index is 12.7. The fourth-order valence-electron chi connectivity index (χ4n) is 2.94. The topological polar surface area (TPSA) is 66.5 Å². The van der Waals surface area contributed by atoms with Gasteiger partial charge in [-0.05, 0) is 43.8 Å². The monoisotopic (exact) mass is 388 g/mol. The zero-order valence-corrected chi connectivity index (χ0v) is 17.2. The van der Waals surface area contributed by atoms with E-state index in [1.807, 2.05) is 19.0 Å². The van der Waals surface area contributed by atoms with E-state index in [9.17, 15) is 13.2 Å². The summed E-state index contributed by atoms with van der Waals surface area (Å²) in [7, 11) is 0.457. The van der Waals surface area contributed by atoms with Crippen LogP contribution in [0.15, 0.2) is 53.4 Å². The number of benzene rings is 2. The molecule has 2 aromatic rings. The molecule has 0 saturated heterocycles. The molecule has 1 atom stereocenters. The minimum atomic E-state index is -3.46. The van der Waals surface area contributed by atoms with Crippen molar-refractivity contribution in [3.05, 3.63) is 65.2 Å². The van der Waals surface area contributed by atoms with Gasteiger partial charge in [0.05, 0.1) is 22.3 Å². The largest absolute Gasteiger partial charge is 0.350 e. The number of sulfone groups is 1. The first-order chi connectivity index (χ1) is 12.8. The molecule has 0 fully saturated rings. The lowest BCUT2D eigenvalue weighted by atomic mass is 10.0. The van der Waals surface area contributed by atoms with E-state index in [0.29, 0.717) is 6.54 Å². The van der Waals surface area contributed by atoms with Crippen molar-refractivity contribution in [2.24, 2.45) is 0 Å². The van der Waals surface area contributed by atoms with Gasteiger partial charge < -0.3 is 10.2 Å². The molecular weight excluding hydrogens is 360 g/mol. The van der Waals surface area contributed by atoms with E-state index in [1.165, 1.54) is 11.6 Å². The molecule has 1 amide bonds. The normalized spacial score (nSPS) is 12.8. The Morgan fingerprint density at radius 2 is 1.67 bits per heavy atom. The Hall–Kier alpha value is -2.18. The third-order valence-corrected chi connectivity index (χ3v) is 6.49. The van der Waals surface area contributed by atoms with Crippen LogP contribution in [0.2, 0.25) is 0 Å². The molecule has 0 aliphatic heterocycles. The Labute approximate surface area is 162 Å². The summed E-state index contributed by atoms with van der Waals surface area (Å²) in [6.07, 6.45) is 0.979. The summed E-state index contributed by atoms with van der Waals surface area (Å²) >= 11 is 0. The van der Waals surface area contributed by atoms with Crippen LogP contribution in [0.4, 0.5) is 0 Å². The Morgan fingerprint density at radius 3 is 2.22 bits per heavy atom. The Morgan fingerprint density at radius 1 is 1.04 bits per heavy atom. The van der Waals surface area contributed by atoms with Crippen molar-refractivity contribution in [3.8, 4) is 0 Å². The highest BCUT2D eigenvalue weighted by Crippen LogP contribution is 2.20. The van der Waals surface area contributed by atoms with Gasteiger partial charge in [-0.25, -0.2) is 8.42 Å². The summed E-state index contributed by atoms with van der Waals surface area (Å²) in [6, 6.07) is 14.7. The molecule has 27 heavy (non-hydrogen) atoms. The van der Waals surface area contributed by atoms with Crippen LogP contribution >= 0.6 is 0 Å². The summed E-state index contributed by atoms with van der Waals surface area (Å²) in [5.74, 6) is -0.416. The molecule has 0 aromatic heterocycles. The molecular formula is C21H28N2O3S. The van der Waals surface area contributed by atoms with E-state index >= 15 is 0 Å². The zero-order chi connectivity index (χ0) is 20.0. The van der Waals surface area contributed by atoms with Crippen molar-refractivity contribution in [2.45, 2.75) is 31.2 Å². The maximum atomic E-state index is 12.7. The summed E-state index contributed by atoms with van der Waals surface area (Å²) in [5, 5.41) is 2.90. The van der Waals surface area contributed by atoms with Gasteiger partial charge in [-0.2, -0.15) is 0 Å². The van der Waals surface area contributed by atoms with Crippen molar-refractivity contribution in [1.29, 1.82) is 0 Å². The summed E-state index contributed by atoms with van der Waals surface area (Å²) < 4.78 is 24.5. The second kappa shape index (κ2) is 9.15. The molecule has 0 unspecified atom stereocenters. The molecule has 5 nitrogen and oxygen atoms in total.